The highest BCUT2D eigenvalue weighted by atomic mass is 16.5. The maximum atomic E-state index is 13.0. The highest BCUT2D eigenvalue weighted by Gasteiger charge is 2.34. The quantitative estimate of drug-likeness (QED) is 0.770. The first-order valence-electron chi connectivity index (χ1n) is 9.53. The van der Waals surface area contributed by atoms with Crippen LogP contribution in [0.25, 0.3) is 0 Å². The lowest BCUT2D eigenvalue weighted by Crippen LogP contribution is -2.49. The molecule has 7 nitrogen and oxygen atoms in total. The summed E-state index contributed by atoms with van der Waals surface area (Å²) in [7, 11) is 3.21. The number of carboxylic acids is 1. The van der Waals surface area contributed by atoms with Crippen LogP contribution in [0.1, 0.15) is 32.3 Å². The smallest absolute Gasteiger partial charge is 0.308 e. The number of carbonyl (C=O) groups excluding carboxylic acids is 2. The van der Waals surface area contributed by atoms with E-state index in [1.807, 2.05) is 38.1 Å². The normalized spacial score (nSPS) is 17.1. The Morgan fingerprint density at radius 2 is 1.96 bits per heavy atom. The van der Waals surface area contributed by atoms with E-state index in [0.29, 0.717) is 25.8 Å². The van der Waals surface area contributed by atoms with Crippen LogP contribution in [-0.4, -0.2) is 66.5 Å². The van der Waals surface area contributed by atoms with Crippen LogP contribution in [0.3, 0.4) is 0 Å². The molecule has 0 aliphatic carbocycles. The van der Waals surface area contributed by atoms with Gasteiger partial charge >= 0.3 is 5.97 Å². The van der Waals surface area contributed by atoms with Gasteiger partial charge in [-0.05, 0) is 30.9 Å². The van der Waals surface area contributed by atoms with E-state index in [-0.39, 0.29) is 24.9 Å². The Morgan fingerprint density at radius 1 is 1.29 bits per heavy atom. The first-order valence-corrected chi connectivity index (χ1v) is 9.53. The molecule has 1 atom stereocenters. The SMILES string of the molecule is COc1ccccc1CC(C)(C)C(=O)N(C)CC(=O)N1CCCC(C(=O)O)C1. The fourth-order valence-electron chi connectivity index (χ4n) is 3.70. The van der Waals surface area contributed by atoms with Crippen molar-refractivity contribution in [3.63, 3.8) is 0 Å². The summed E-state index contributed by atoms with van der Waals surface area (Å²) in [6, 6.07) is 7.57. The average Bonchev–Trinajstić information content (AvgIpc) is 2.67. The van der Waals surface area contributed by atoms with Crippen molar-refractivity contribution in [2.75, 3.05) is 33.8 Å². The van der Waals surface area contributed by atoms with Crippen molar-refractivity contribution in [1.29, 1.82) is 0 Å². The van der Waals surface area contributed by atoms with Crippen LogP contribution >= 0.6 is 0 Å². The molecule has 2 rings (SSSR count). The van der Waals surface area contributed by atoms with Gasteiger partial charge in [-0.1, -0.05) is 32.0 Å². The summed E-state index contributed by atoms with van der Waals surface area (Å²) < 4.78 is 5.37. The van der Waals surface area contributed by atoms with Crippen molar-refractivity contribution in [1.82, 2.24) is 9.80 Å². The molecule has 154 valence electrons. The van der Waals surface area contributed by atoms with E-state index < -0.39 is 17.3 Å². The maximum Gasteiger partial charge on any atom is 0.308 e. The van der Waals surface area contributed by atoms with Crippen molar-refractivity contribution < 1.29 is 24.2 Å². The number of para-hydroxylation sites is 1. The van der Waals surface area contributed by atoms with Crippen molar-refractivity contribution >= 4 is 17.8 Å². The summed E-state index contributed by atoms with van der Waals surface area (Å²) in [5.74, 6) is -1.02. The van der Waals surface area contributed by atoms with Crippen LogP contribution in [-0.2, 0) is 20.8 Å². The van der Waals surface area contributed by atoms with Gasteiger partial charge in [0.15, 0.2) is 0 Å². The van der Waals surface area contributed by atoms with Gasteiger partial charge in [0, 0.05) is 25.6 Å². The Balaban J connectivity index is 2.00. The number of benzene rings is 1. The first-order chi connectivity index (χ1) is 13.2. The van der Waals surface area contributed by atoms with Gasteiger partial charge < -0.3 is 19.6 Å². The highest BCUT2D eigenvalue weighted by molar-refractivity contribution is 5.88. The van der Waals surface area contributed by atoms with Gasteiger partial charge in [-0.15, -0.1) is 0 Å². The van der Waals surface area contributed by atoms with Gasteiger partial charge in [-0.2, -0.15) is 0 Å². The molecule has 1 aliphatic heterocycles. The number of rotatable bonds is 7. The molecule has 1 aromatic rings. The number of methoxy groups -OCH3 is 1. The van der Waals surface area contributed by atoms with Crippen LogP contribution in [0, 0.1) is 11.3 Å². The molecule has 1 unspecified atom stereocenters. The number of hydrogen-bond acceptors (Lipinski definition) is 4. The molecule has 1 aromatic carbocycles. The van der Waals surface area contributed by atoms with Crippen LogP contribution in [0.2, 0.25) is 0 Å². The lowest BCUT2D eigenvalue weighted by molar-refractivity contribution is -0.149. The Morgan fingerprint density at radius 3 is 2.61 bits per heavy atom. The molecule has 0 bridgehead atoms. The number of amides is 2. The molecular formula is C21H30N2O5. The summed E-state index contributed by atoms with van der Waals surface area (Å²) in [4.78, 5) is 39.8. The van der Waals surface area contributed by atoms with E-state index in [2.05, 4.69) is 0 Å². The van der Waals surface area contributed by atoms with Crippen molar-refractivity contribution in [2.45, 2.75) is 33.1 Å². The molecule has 7 heteroatoms. The third-order valence-corrected chi connectivity index (χ3v) is 5.25. The van der Waals surface area contributed by atoms with Crippen LogP contribution < -0.4 is 4.74 Å². The molecule has 1 N–H and O–H groups in total. The predicted octanol–water partition coefficient (Wildman–Crippen LogP) is 2.05. The van der Waals surface area contributed by atoms with Crippen LogP contribution in [0.4, 0.5) is 0 Å². The zero-order valence-electron chi connectivity index (χ0n) is 17.1. The fourth-order valence-corrected chi connectivity index (χ4v) is 3.70. The number of ether oxygens (including phenoxy) is 1. The molecule has 2 amide bonds. The molecule has 1 saturated heterocycles. The standard InChI is InChI=1S/C21H30N2O5/c1-21(2,12-15-8-5-6-10-17(15)28-4)20(27)22(3)14-18(24)23-11-7-9-16(13-23)19(25)26/h5-6,8,10,16H,7,9,11-14H2,1-4H3,(H,25,26). The third kappa shape index (κ3) is 5.24. The molecule has 28 heavy (non-hydrogen) atoms. The second-order valence-electron chi connectivity index (χ2n) is 8.05. The lowest BCUT2D eigenvalue weighted by Gasteiger charge is -2.34. The Bertz CT molecular complexity index is 731. The van der Waals surface area contributed by atoms with E-state index in [1.54, 1.807) is 19.1 Å². The van der Waals surface area contributed by atoms with Gasteiger partial charge in [-0.3, -0.25) is 14.4 Å². The van der Waals surface area contributed by atoms with Gasteiger partial charge in [0.1, 0.15) is 5.75 Å². The highest BCUT2D eigenvalue weighted by Crippen LogP contribution is 2.29. The second kappa shape index (κ2) is 9.08. The maximum absolute atomic E-state index is 13.0. The van der Waals surface area contributed by atoms with E-state index >= 15 is 0 Å². The van der Waals surface area contributed by atoms with Crippen molar-refractivity contribution in [3.8, 4) is 5.75 Å². The number of nitrogens with zero attached hydrogens (tertiary/aromatic N) is 2. The summed E-state index contributed by atoms with van der Waals surface area (Å²) in [5.41, 5.74) is 0.221. The molecular weight excluding hydrogens is 360 g/mol. The average molecular weight is 390 g/mol. The minimum atomic E-state index is -0.875. The lowest BCUT2D eigenvalue weighted by atomic mass is 9.84. The second-order valence-corrected chi connectivity index (χ2v) is 8.05. The van der Waals surface area contributed by atoms with E-state index in [9.17, 15) is 19.5 Å². The van der Waals surface area contributed by atoms with Gasteiger partial charge in [0.05, 0.1) is 19.6 Å². The van der Waals surface area contributed by atoms with E-state index in [0.717, 1.165) is 11.3 Å². The Kier molecular flexibility index (Phi) is 7.05. The summed E-state index contributed by atoms with van der Waals surface area (Å²) in [6.45, 7) is 4.39. The van der Waals surface area contributed by atoms with Crippen LogP contribution in [0.5, 0.6) is 5.75 Å². The minimum Gasteiger partial charge on any atom is -0.496 e. The van der Waals surface area contributed by atoms with Gasteiger partial charge in [0.2, 0.25) is 11.8 Å². The Labute approximate surface area is 166 Å². The predicted molar refractivity (Wildman–Crippen MR) is 105 cm³/mol. The third-order valence-electron chi connectivity index (χ3n) is 5.25. The van der Waals surface area contributed by atoms with Gasteiger partial charge in [-0.25, -0.2) is 0 Å². The van der Waals surface area contributed by atoms with E-state index in [1.165, 1.54) is 4.90 Å². The molecule has 1 fully saturated rings. The van der Waals surface area contributed by atoms with Gasteiger partial charge in [0.25, 0.3) is 0 Å². The van der Waals surface area contributed by atoms with Crippen molar-refractivity contribution in [3.05, 3.63) is 29.8 Å². The number of aliphatic carboxylic acids is 1. The largest absolute Gasteiger partial charge is 0.496 e. The molecule has 0 spiro atoms. The number of likely N-dealkylation sites (tertiary alicyclic amines) is 1. The van der Waals surface area contributed by atoms with E-state index in [4.69, 9.17) is 4.74 Å². The number of hydrogen-bond donors (Lipinski definition) is 1. The molecule has 0 aromatic heterocycles. The zero-order chi connectivity index (χ0) is 20.9. The summed E-state index contributed by atoms with van der Waals surface area (Å²) >= 11 is 0. The number of likely N-dealkylation sites (N-methyl/N-ethyl adjacent to an activating group) is 1. The molecule has 1 heterocycles. The zero-order valence-corrected chi connectivity index (χ0v) is 17.1. The monoisotopic (exact) mass is 390 g/mol. The fraction of sp³-hybridized carbons (Fsp3) is 0.571. The minimum absolute atomic E-state index is 0.0550. The van der Waals surface area contributed by atoms with Crippen molar-refractivity contribution in [2.24, 2.45) is 11.3 Å². The summed E-state index contributed by atoms with van der Waals surface area (Å²) in [6.07, 6.45) is 1.73. The van der Waals surface area contributed by atoms with Crippen LogP contribution in [0.15, 0.2) is 24.3 Å². The molecule has 1 aliphatic rings. The summed E-state index contributed by atoms with van der Waals surface area (Å²) in [5, 5.41) is 9.18. The topological polar surface area (TPSA) is 87.2 Å². The molecule has 0 saturated carbocycles. The number of carbonyl (C=O) groups is 3. The Hall–Kier alpha value is -2.57. The first kappa shape index (κ1) is 21.7. The number of piperidine rings is 1. The molecule has 0 radical (unpaired) electrons. The number of carboxylic acid groups (broad SMARTS) is 1.